The molecule has 1 saturated heterocycles. The predicted octanol–water partition coefficient (Wildman–Crippen LogP) is 2.95. The van der Waals surface area contributed by atoms with Gasteiger partial charge in [-0.05, 0) is 37.1 Å². The van der Waals surface area contributed by atoms with E-state index in [1.54, 1.807) is 17.7 Å². The molecular weight excluding hydrogens is 320 g/mol. The molecule has 24 heavy (non-hydrogen) atoms. The second kappa shape index (κ2) is 6.89. The molecule has 5 nitrogen and oxygen atoms in total. The van der Waals surface area contributed by atoms with Crippen molar-refractivity contribution in [1.82, 2.24) is 15.3 Å². The van der Waals surface area contributed by atoms with Gasteiger partial charge in [0.25, 0.3) is 0 Å². The van der Waals surface area contributed by atoms with Gasteiger partial charge < -0.3 is 10.2 Å². The molecule has 3 heterocycles. The van der Waals surface area contributed by atoms with Crippen molar-refractivity contribution in [3.8, 4) is 0 Å². The van der Waals surface area contributed by atoms with Crippen molar-refractivity contribution in [2.75, 3.05) is 18.0 Å². The van der Waals surface area contributed by atoms with Crippen molar-refractivity contribution in [3.05, 3.63) is 40.5 Å². The molecule has 0 spiro atoms. The smallest absolute Gasteiger partial charge is 0.223 e. The Morgan fingerprint density at radius 2 is 2.08 bits per heavy atom. The van der Waals surface area contributed by atoms with E-state index in [9.17, 15) is 4.79 Å². The summed E-state index contributed by atoms with van der Waals surface area (Å²) in [7, 11) is 0. The Hall–Kier alpha value is -1.95. The van der Waals surface area contributed by atoms with Gasteiger partial charge in [0.2, 0.25) is 5.91 Å². The molecule has 1 aliphatic carbocycles. The number of carbonyl (C=O) groups excluding carboxylic acids is 1. The molecule has 2 aliphatic rings. The van der Waals surface area contributed by atoms with E-state index >= 15 is 0 Å². The zero-order valence-corrected chi connectivity index (χ0v) is 14.5. The van der Waals surface area contributed by atoms with Crippen molar-refractivity contribution >= 4 is 23.1 Å². The molecule has 0 bridgehead atoms. The maximum Gasteiger partial charge on any atom is 0.223 e. The lowest BCUT2D eigenvalue weighted by atomic mass is 9.96. The van der Waals surface area contributed by atoms with Crippen molar-refractivity contribution in [3.63, 3.8) is 0 Å². The lowest BCUT2D eigenvalue weighted by molar-refractivity contribution is -0.125. The molecule has 0 radical (unpaired) electrons. The Morgan fingerprint density at radius 1 is 1.25 bits per heavy atom. The zero-order valence-electron chi connectivity index (χ0n) is 13.6. The highest BCUT2D eigenvalue weighted by Crippen LogP contribution is 2.39. The molecule has 6 heteroatoms. The average molecular weight is 342 g/mol. The fourth-order valence-electron chi connectivity index (χ4n) is 3.24. The molecule has 1 aliphatic heterocycles. The maximum atomic E-state index is 12.3. The highest BCUT2D eigenvalue weighted by atomic mass is 32.1. The molecule has 1 N–H and O–H groups in total. The first-order valence-corrected chi connectivity index (χ1v) is 9.54. The van der Waals surface area contributed by atoms with E-state index in [0.29, 0.717) is 12.5 Å². The van der Waals surface area contributed by atoms with Crippen LogP contribution in [0.4, 0.5) is 5.82 Å². The quantitative estimate of drug-likeness (QED) is 0.908. The molecular formula is C18H22N4OS. The van der Waals surface area contributed by atoms with Crippen LogP contribution in [0.2, 0.25) is 0 Å². The molecule has 0 unspecified atom stereocenters. The highest BCUT2D eigenvalue weighted by Gasteiger charge is 2.28. The second-order valence-corrected chi connectivity index (χ2v) is 7.67. The minimum atomic E-state index is 0.117. The highest BCUT2D eigenvalue weighted by molar-refractivity contribution is 7.09. The average Bonchev–Trinajstić information content (AvgIpc) is 3.36. The van der Waals surface area contributed by atoms with Gasteiger partial charge in [0.15, 0.2) is 0 Å². The van der Waals surface area contributed by atoms with Crippen LogP contribution in [-0.4, -0.2) is 29.0 Å². The molecule has 126 valence electrons. The third-order valence-corrected chi connectivity index (χ3v) is 5.75. The van der Waals surface area contributed by atoms with E-state index in [1.807, 2.05) is 11.4 Å². The Kier molecular flexibility index (Phi) is 4.47. The summed E-state index contributed by atoms with van der Waals surface area (Å²) >= 11 is 1.68. The van der Waals surface area contributed by atoms with Gasteiger partial charge >= 0.3 is 0 Å². The zero-order chi connectivity index (χ0) is 16.4. The second-order valence-electron chi connectivity index (χ2n) is 6.63. The van der Waals surface area contributed by atoms with Crippen molar-refractivity contribution in [2.45, 2.75) is 38.1 Å². The van der Waals surface area contributed by atoms with Gasteiger partial charge in [0, 0.05) is 41.6 Å². The Morgan fingerprint density at radius 3 is 2.79 bits per heavy atom. The van der Waals surface area contributed by atoms with Crippen LogP contribution >= 0.6 is 11.3 Å². The van der Waals surface area contributed by atoms with Crippen LogP contribution in [0.3, 0.4) is 0 Å². The van der Waals surface area contributed by atoms with E-state index in [0.717, 1.165) is 31.7 Å². The molecule has 0 atom stereocenters. The fourth-order valence-corrected chi connectivity index (χ4v) is 3.88. The number of rotatable bonds is 5. The van der Waals surface area contributed by atoms with Crippen molar-refractivity contribution < 1.29 is 4.79 Å². The largest absolute Gasteiger partial charge is 0.356 e. The number of anilines is 1. The number of thiophene rings is 1. The van der Waals surface area contributed by atoms with Gasteiger partial charge in [-0.2, -0.15) is 0 Å². The van der Waals surface area contributed by atoms with Gasteiger partial charge in [-0.3, -0.25) is 4.79 Å². The number of nitrogens with one attached hydrogen (secondary N) is 1. The number of amides is 1. The molecule has 2 aromatic heterocycles. The van der Waals surface area contributed by atoms with Gasteiger partial charge in [0.1, 0.15) is 12.1 Å². The summed E-state index contributed by atoms with van der Waals surface area (Å²) in [5.74, 6) is 1.96. The van der Waals surface area contributed by atoms with Crippen LogP contribution in [0.25, 0.3) is 0 Å². The first kappa shape index (κ1) is 15.6. The Balaban J connectivity index is 1.29. The van der Waals surface area contributed by atoms with Crippen LogP contribution in [0.15, 0.2) is 29.9 Å². The Bertz CT molecular complexity index is 691. The topological polar surface area (TPSA) is 58.1 Å². The number of hydrogen-bond acceptors (Lipinski definition) is 5. The predicted molar refractivity (Wildman–Crippen MR) is 95.1 cm³/mol. The van der Waals surface area contributed by atoms with Crippen LogP contribution in [0.1, 0.15) is 42.2 Å². The fraction of sp³-hybridized carbons (Fsp3) is 0.500. The number of hydrogen-bond donors (Lipinski definition) is 1. The van der Waals surface area contributed by atoms with Crippen molar-refractivity contribution in [1.29, 1.82) is 0 Å². The number of aromatic nitrogens is 2. The van der Waals surface area contributed by atoms with Crippen LogP contribution in [0, 0.1) is 5.92 Å². The minimum absolute atomic E-state index is 0.117. The number of piperidine rings is 1. The van der Waals surface area contributed by atoms with Crippen molar-refractivity contribution in [2.24, 2.45) is 5.92 Å². The summed E-state index contributed by atoms with van der Waals surface area (Å²) in [6.45, 7) is 2.42. The summed E-state index contributed by atoms with van der Waals surface area (Å²) in [5, 5.41) is 5.11. The van der Waals surface area contributed by atoms with Crippen LogP contribution in [0.5, 0.6) is 0 Å². The third-order valence-electron chi connectivity index (χ3n) is 4.88. The maximum absolute atomic E-state index is 12.3. The lowest BCUT2D eigenvalue weighted by Crippen LogP contribution is -2.40. The summed E-state index contributed by atoms with van der Waals surface area (Å²) in [6.07, 6.45) is 5.97. The minimum Gasteiger partial charge on any atom is -0.356 e. The summed E-state index contributed by atoms with van der Waals surface area (Å²) < 4.78 is 0. The Labute approximate surface area is 146 Å². The van der Waals surface area contributed by atoms with E-state index in [2.05, 4.69) is 32.3 Å². The standard InChI is InChI=1S/C18H22N4OS/c23-18(19-11-15-2-1-9-24-15)14-5-7-22(8-6-14)17-10-16(13-3-4-13)20-12-21-17/h1-2,9-10,12-14H,3-8,11H2,(H,19,23). The third kappa shape index (κ3) is 3.59. The van der Waals surface area contributed by atoms with Gasteiger partial charge in [-0.15, -0.1) is 11.3 Å². The number of carbonyl (C=O) groups is 1. The van der Waals surface area contributed by atoms with E-state index in [1.165, 1.54) is 23.4 Å². The van der Waals surface area contributed by atoms with E-state index in [-0.39, 0.29) is 11.8 Å². The van der Waals surface area contributed by atoms with Gasteiger partial charge in [-0.25, -0.2) is 9.97 Å². The van der Waals surface area contributed by atoms with Gasteiger partial charge in [0.05, 0.1) is 6.54 Å². The monoisotopic (exact) mass is 342 g/mol. The normalized spacial score (nSPS) is 18.6. The number of nitrogens with zero attached hydrogens (tertiary/aromatic N) is 3. The molecule has 2 fully saturated rings. The first-order valence-electron chi connectivity index (χ1n) is 8.66. The SMILES string of the molecule is O=C(NCc1cccs1)C1CCN(c2cc(C3CC3)ncn2)CC1. The van der Waals surface area contributed by atoms with E-state index in [4.69, 9.17) is 0 Å². The molecule has 1 amide bonds. The van der Waals surface area contributed by atoms with Crippen LogP contribution < -0.4 is 10.2 Å². The summed E-state index contributed by atoms with van der Waals surface area (Å²) in [6, 6.07) is 6.21. The first-order chi connectivity index (χ1) is 11.8. The molecule has 2 aromatic rings. The van der Waals surface area contributed by atoms with Gasteiger partial charge in [-0.1, -0.05) is 6.07 Å². The molecule has 1 saturated carbocycles. The van der Waals surface area contributed by atoms with Crippen LogP contribution in [-0.2, 0) is 11.3 Å². The summed E-state index contributed by atoms with van der Waals surface area (Å²) in [5.41, 5.74) is 1.18. The summed E-state index contributed by atoms with van der Waals surface area (Å²) in [4.78, 5) is 24.6. The molecule has 4 rings (SSSR count). The lowest BCUT2D eigenvalue weighted by Gasteiger charge is -2.32. The molecule has 0 aromatic carbocycles. The van der Waals surface area contributed by atoms with E-state index < -0.39 is 0 Å².